The van der Waals surface area contributed by atoms with Crippen molar-refractivity contribution in [1.29, 1.82) is 0 Å². The molecule has 4 heteroatoms. The van der Waals surface area contributed by atoms with E-state index in [9.17, 15) is 14.4 Å². The summed E-state index contributed by atoms with van der Waals surface area (Å²) in [6.07, 6.45) is 1.09. The van der Waals surface area contributed by atoms with Gasteiger partial charge in [0.2, 0.25) is 0 Å². The van der Waals surface area contributed by atoms with E-state index in [0.717, 1.165) is 17.2 Å². The maximum Gasteiger partial charge on any atom is 0.335 e. The number of ether oxygens (including phenoxy) is 1. The van der Waals surface area contributed by atoms with Gasteiger partial charge in [-0.25, -0.2) is 4.79 Å². The maximum atomic E-state index is 12.1. The number of carbonyl (C=O) groups excluding carboxylic acids is 3. The summed E-state index contributed by atoms with van der Waals surface area (Å²) in [4.78, 5) is 35.0. The highest BCUT2D eigenvalue weighted by atomic mass is 16.5. The van der Waals surface area contributed by atoms with Crippen LogP contribution in [0.1, 0.15) is 31.8 Å². The van der Waals surface area contributed by atoms with Crippen LogP contribution in [0.4, 0.5) is 0 Å². The lowest BCUT2D eigenvalue weighted by Crippen LogP contribution is -2.04. The van der Waals surface area contributed by atoms with Crippen LogP contribution < -0.4 is 4.74 Å². The first-order valence-corrected chi connectivity index (χ1v) is 10.3. The molecule has 4 aromatic rings. The lowest BCUT2D eigenvalue weighted by atomic mass is 10.0. The van der Waals surface area contributed by atoms with Gasteiger partial charge in [0, 0.05) is 28.3 Å². The molecule has 0 unspecified atom stereocenters. The molecule has 0 atom stereocenters. The quantitative estimate of drug-likeness (QED) is 0.163. The molecule has 4 aromatic carbocycles. The summed E-state index contributed by atoms with van der Waals surface area (Å²) >= 11 is 0. The molecule has 0 fully saturated rings. The Balaban J connectivity index is 0.000000194. The highest BCUT2D eigenvalue weighted by molar-refractivity contribution is 6.09. The van der Waals surface area contributed by atoms with E-state index in [0.29, 0.717) is 16.9 Å². The van der Waals surface area contributed by atoms with E-state index in [1.165, 1.54) is 0 Å². The second kappa shape index (κ2) is 11.7. The molecule has 33 heavy (non-hydrogen) atoms. The van der Waals surface area contributed by atoms with Gasteiger partial charge in [0.1, 0.15) is 5.75 Å². The third-order valence-corrected chi connectivity index (χ3v) is 4.61. The Morgan fingerprint density at radius 2 is 0.848 bits per heavy atom. The number of rotatable bonds is 6. The molecule has 0 aliphatic carbocycles. The van der Waals surface area contributed by atoms with Crippen molar-refractivity contribution >= 4 is 17.5 Å². The average Bonchev–Trinajstić information content (AvgIpc) is 2.90. The predicted octanol–water partition coefficient (Wildman–Crippen LogP) is 5.93. The zero-order chi connectivity index (χ0) is 23.5. The van der Waals surface area contributed by atoms with Crippen LogP contribution in [0.15, 0.2) is 128 Å². The van der Waals surface area contributed by atoms with Gasteiger partial charge < -0.3 is 4.74 Å². The topological polar surface area (TPSA) is 60.4 Å². The molecule has 0 spiro atoms. The van der Waals surface area contributed by atoms with Crippen LogP contribution in [0, 0.1) is 0 Å². The van der Waals surface area contributed by atoms with Crippen LogP contribution in [-0.2, 0) is 4.79 Å². The van der Waals surface area contributed by atoms with Crippen LogP contribution in [0.2, 0.25) is 0 Å². The Morgan fingerprint density at radius 1 is 0.515 bits per heavy atom. The molecular weight excluding hydrogens is 412 g/mol. The molecule has 0 amide bonds. The fourth-order valence-electron chi connectivity index (χ4n) is 2.93. The second-order valence-electron chi connectivity index (χ2n) is 6.91. The smallest absolute Gasteiger partial charge is 0.335 e. The average molecular weight is 434 g/mol. The van der Waals surface area contributed by atoms with Crippen molar-refractivity contribution in [2.24, 2.45) is 0 Å². The van der Waals surface area contributed by atoms with E-state index in [-0.39, 0.29) is 11.6 Å². The summed E-state index contributed by atoms with van der Waals surface area (Å²) in [5, 5.41) is 0. The minimum atomic E-state index is -0.526. The SMILES string of the molecule is C=CC(=O)Oc1ccc(C(=O)c2ccccc2)cc1.O=C(c1ccccc1)c1ccccc1. The van der Waals surface area contributed by atoms with E-state index in [2.05, 4.69) is 6.58 Å². The molecule has 0 N–H and O–H groups in total. The molecular formula is C29H22O4. The normalized spacial score (nSPS) is 9.70. The fourth-order valence-corrected chi connectivity index (χ4v) is 2.93. The van der Waals surface area contributed by atoms with Gasteiger partial charge in [0.25, 0.3) is 0 Å². The van der Waals surface area contributed by atoms with Crippen molar-refractivity contribution in [3.8, 4) is 5.75 Å². The van der Waals surface area contributed by atoms with Crippen molar-refractivity contribution in [1.82, 2.24) is 0 Å². The number of hydrogen-bond donors (Lipinski definition) is 0. The van der Waals surface area contributed by atoms with Gasteiger partial charge in [-0.05, 0) is 24.3 Å². The number of carbonyl (C=O) groups is 3. The minimum absolute atomic E-state index is 0.0674. The monoisotopic (exact) mass is 434 g/mol. The van der Waals surface area contributed by atoms with Gasteiger partial charge >= 0.3 is 5.97 Å². The molecule has 0 aliphatic rings. The van der Waals surface area contributed by atoms with E-state index in [4.69, 9.17) is 4.74 Å². The summed E-state index contributed by atoms with van der Waals surface area (Å²) in [6.45, 7) is 3.31. The van der Waals surface area contributed by atoms with Gasteiger partial charge in [0.05, 0.1) is 0 Å². The van der Waals surface area contributed by atoms with Crippen molar-refractivity contribution in [3.63, 3.8) is 0 Å². The molecule has 0 bridgehead atoms. The van der Waals surface area contributed by atoms with Gasteiger partial charge in [0.15, 0.2) is 11.6 Å². The summed E-state index contributed by atoms with van der Waals surface area (Å²) in [7, 11) is 0. The van der Waals surface area contributed by atoms with Gasteiger partial charge in [-0.3, -0.25) is 9.59 Å². The van der Waals surface area contributed by atoms with Crippen LogP contribution in [-0.4, -0.2) is 17.5 Å². The van der Waals surface area contributed by atoms with E-state index < -0.39 is 5.97 Å². The van der Waals surface area contributed by atoms with Crippen molar-refractivity contribution in [2.75, 3.05) is 0 Å². The van der Waals surface area contributed by atoms with Crippen molar-refractivity contribution < 1.29 is 19.1 Å². The molecule has 0 radical (unpaired) electrons. The zero-order valence-electron chi connectivity index (χ0n) is 17.9. The lowest BCUT2D eigenvalue weighted by molar-refractivity contribution is -0.128. The molecule has 4 rings (SSSR count). The summed E-state index contributed by atoms with van der Waals surface area (Å²) in [6, 6.07) is 34.0. The minimum Gasteiger partial charge on any atom is -0.423 e. The lowest BCUT2D eigenvalue weighted by Gasteiger charge is -2.03. The number of esters is 1. The molecule has 0 aromatic heterocycles. The third kappa shape index (κ3) is 6.71. The first-order valence-electron chi connectivity index (χ1n) is 10.3. The van der Waals surface area contributed by atoms with Crippen LogP contribution >= 0.6 is 0 Å². The third-order valence-electron chi connectivity index (χ3n) is 4.61. The molecule has 0 aliphatic heterocycles. The first-order chi connectivity index (χ1) is 16.1. The number of benzene rings is 4. The Kier molecular flexibility index (Phi) is 8.21. The summed E-state index contributed by atoms with van der Waals surface area (Å²) in [5.41, 5.74) is 2.64. The Labute approximate surface area is 192 Å². The van der Waals surface area contributed by atoms with Crippen molar-refractivity contribution in [2.45, 2.75) is 0 Å². The Morgan fingerprint density at radius 3 is 1.18 bits per heavy atom. The highest BCUT2D eigenvalue weighted by Gasteiger charge is 2.09. The maximum absolute atomic E-state index is 12.1. The summed E-state index contributed by atoms with van der Waals surface area (Å²) in [5.74, 6) is -0.134. The molecule has 0 heterocycles. The molecule has 0 saturated heterocycles. The van der Waals surface area contributed by atoms with E-state index in [1.54, 1.807) is 36.4 Å². The van der Waals surface area contributed by atoms with E-state index >= 15 is 0 Å². The zero-order valence-corrected chi connectivity index (χ0v) is 17.9. The number of hydrogen-bond acceptors (Lipinski definition) is 4. The second-order valence-corrected chi connectivity index (χ2v) is 6.91. The van der Waals surface area contributed by atoms with E-state index in [1.807, 2.05) is 78.9 Å². The Hall–Kier alpha value is -4.57. The number of ketones is 2. The highest BCUT2D eigenvalue weighted by Crippen LogP contribution is 2.15. The largest absolute Gasteiger partial charge is 0.423 e. The fraction of sp³-hybridized carbons (Fsp3) is 0. The first kappa shape index (κ1) is 23.1. The van der Waals surface area contributed by atoms with Crippen molar-refractivity contribution in [3.05, 3.63) is 150 Å². The molecule has 0 saturated carbocycles. The standard InChI is InChI=1S/C16H12O3.C13H10O/c1-2-15(17)19-14-10-8-13(9-11-14)16(18)12-6-4-3-5-7-12;14-13(11-7-3-1-4-8-11)12-9-5-2-6-10-12/h2-11H,1H2;1-10H. The predicted molar refractivity (Wildman–Crippen MR) is 128 cm³/mol. The van der Waals surface area contributed by atoms with Crippen LogP contribution in [0.5, 0.6) is 5.75 Å². The van der Waals surface area contributed by atoms with Gasteiger partial charge in [-0.2, -0.15) is 0 Å². The Bertz CT molecular complexity index is 1170. The van der Waals surface area contributed by atoms with Gasteiger partial charge in [-0.15, -0.1) is 0 Å². The summed E-state index contributed by atoms with van der Waals surface area (Å²) < 4.78 is 4.94. The van der Waals surface area contributed by atoms with Crippen LogP contribution in [0.3, 0.4) is 0 Å². The van der Waals surface area contributed by atoms with Crippen LogP contribution in [0.25, 0.3) is 0 Å². The van der Waals surface area contributed by atoms with Gasteiger partial charge in [-0.1, -0.05) is 97.6 Å². The molecule has 4 nitrogen and oxygen atoms in total. The molecule has 162 valence electrons.